The molecule has 0 saturated carbocycles. The number of hydrogen-bond acceptors (Lipinski definition) is 5. The van der Waals surface area contributed by atoms with Crippen LogP contribution < -0.4 is 9.47 Å². The maximum Gasteiger partial charge on any atom is 0.213 e. The van der Waals surface area contributed by atoms with Crippen molar-refractivity contribution in [3.05, 3.63) is 42.1 Å². The molecule has 2 aliphatic heterocycles. The summed E-state index contributed by atoms with van der Waals surface area (Å²) in [7, 11) is 3.76. The number of fused-ring (bicyclic) bond motifs is 1. The number of likely N-dealkylation sites (tertiary alicyclic amines) is 1. The second kappa shape index (κ2) is 6.07. The Morgan fingerprint density at radius 1 is 1.12 bits per heavy atom. The molecule has 0 N–H and O–H groups in total. The van der Waals surface area contributed by atoms with Crippen molar-refractivity contribution >= 4 is 0 Å². The summed E-state index contributed by atoms with van der Waals surface area (Å²) in [6, 6.07) is 10.1. The standard InChI is InChI=1S/C19H22N2O3/c1-21-9-7-19(8-10-21)23-13-16-11-14(3-5-17(16)24-19)15-4-6-18(22-2)20-12-15/h3-6,11-12H,7-10,13H2,1-2H3. The minimum absolute atomic E-state index is 0.442. The van der Waals surface area contributed by atoms with Crippen LogP contribution in [-0.4, -0.2) is 42.9 Å². The summed E-state index contributed by atoms with van der Waals surface area (Å²) < 4.78 is 17.5. The van der Waals surface area contributed by atoms with Crippen molar-refractivity contribution in [1.82, 2.24) is 9.88 Å². The largest absolute Gasteiger partial charge is 0.481 e. The van der Waals surface area contributed by atoms with Crippen LogP contribution in [0.1, 0.15) is 18.4 Å². The molecule has 126 valence electrons. The van der Waals surface area contributed by atoms with Gasteiger partial charge in [-0.1, -0.05) is 6.07 Å². The second-order valence-corrected chi connectivity index (χ2v) is 6.52. The SMILES string of the molecule is COc1ccc(-c2ccc3c(c2)COC2(CCN(C)CC2)O3)cn1. The van der Waals surface area contributed by atoms with Crippen molar-refractivity contribution in [2.45, 2.75) is 25.2 Å². The Labute approximate surface area is 142 Å². The van der Waals surface area contributed by atoms with Crippen LogP contribution in [0, 0.1) is 0 Å². The van der Waals surface area contributed by atoms with Gasteiger partial charge in [-0.05, 0) is 30.8 Å². The molecule has 1 spiro atoms. The number of benzene rings is 1. The number of pyridine rings is 1. The fourth-order valence-electron chi connectivity index (χ4n) is 3.29. The van der Waals surface area contributed by atoms with Gasteiger partial charge in [0, 0.05) is 49.3 Å². The van der Waals surface area contributed by atoms with Crippen molar-refractivity contribution in [3.63, 3.8) is 0 Å². The zero-order valence-corrected chi connectivity index (χ0v) is 14.1. The molecule has 2 aliphatic rings. The molecule has 0 radical (unpaired) electrons. The molecule has 4 rings (SSSR count). The van der Waals surface area contributed by atoms with Crippen molar-refractivity contribution in [2.24, 2.45) is 0 Å². The van der Waals surface area contributed by atoms with Crippen LogP contribution in [0.25, 0.3) is 11.1 Å². The highest BCUT2D eigenvalue weighted by Crippen LogP contribution is 2.38. The number of aromatic nitrogens is 1. The van der Waals surface area contributed by atoms with E-state index in [9.17, 15) is 0 Å². The summed E-state index contributed by atoms with van der Waals surface area (Å²) in [4.78, 5) is 6.58. The van der Waals surface area contributed by atoms with E-state index in [-0.39, 0.29) is 0 Å². The quantitative estimate of drug-likeness (QED) is 0.848. The predicted octanol–water partition coefficient (Wildman–Crippen LogP) is 3.09. The van der Waals surface area contributed by atoms with Crippen LogP contribution in [0.4, 0.5) is 0 Å². The molecule has 5 heteroatoms. The van der Waals surface area contributed by atoms with Gasteiger partial charge in [0.05, 0.1) is 13.7 Å². The highest BCUT2D eigenvalue weighted by atomic mass is 16.7. The summed E-state index contributed by atoms with van der Waals surface area (Å²) in [6.45, 7) is 2.60. The molecule has 1 aromatic heterocycles. The monoisotopic (exact) mass is 326 g/mol. The number of ether oxygens (including phenoxy) is 3. The maximum atomic E-state index is 6.25. The number of nitrogens with zero attached hydrogens (tertiary/aromatic N) is 2. The van der Waals surface area contributed by atoms with Crippen LogP contribution in [0.2, 0.25) is 0 Å². The first-order valence-corrected chi connectivity index (χ1v) is 8.32. The molecule has 0 atom stereocenters. The van der Waals surface area contributed by atoms with Gasteiger partial charge in [0.2, 0.25) is 11.7 Å². The van der Waals surface area contributed by atoms with Gasteiger partial charge in [-0.15, -0.1) is 0 Å². The lowest BCUT2D eigenvalue weighted by Crippen LogP contribution is -2.50. The predicted molar refractivity (Wildman–Crippen MR) is 91.1 cm³/mol. The summed E-state index contributed by atoms with van der Waals surface area (Å²) in [5, 5.41) is 0. The average molecular weight is 326 g/mol. The van der Waals surface area contributed by atoms with E-state index in [4.69, 9.17) is 14.2 Å². The highest BCUT2D eigenvalue weighted by Gasteiger charge is 2.40. The third-order valence-electron chi connectivity index (χ3n) is 4.87. The van der Waals surface area contributed by atoms with Gasteiger partial charge in [0.25, 0.3) is 0 Å². The van der Waals surface area contributed by atoms with Crippen LogP contribution in [0.3, 0.4) is 0 Å². The molecule has 3 heterocycles. The van der Waals surface area contributed by atoms with Crippen molar-refractivity contribution in [3.8, 4) is 22.8 Å². The Morgan fingerprint density at radius 3 is 2.62 bits per heavy atom. The Morgan fingerprint density at radius 2 is 1.92 bits per heavy atom. The van der Waals surface area contributed by atoms with Gasteiger partial charge in [-0.25, -0.2) is 4.98 Å². The van der Waals surface area contributed by atoms with Crippen LogP contribution in [-0.2, 0) is 11.3 Å². The Balaban J connectivity index is 1.56. The molecule has 1 fully saturated rings. The van der Waals surface area contributed by atoms with E-state index >= 15 is 0 Å². The molecule has 0 amide bonds. The van der Waals surface area contributed by atoms with Crippen LogP contribution in [0.5, 0.6) is 11.6 Å². The zero-order chi connectivity index (χ0) is 16.6. The van der Waals surface area contributed by atoms with E-state index in [1.54, 1.807) is 7.11 Å². The summed E-state index contributed by atoms with van der Waals surface area (Å²) in [5.74, 6) is 1.12. The van der Waals surface area contributed by atoms with Crippen LogP contribution in [0.15, 0.2) is 36.5 Å². The lowest BCUT2D eigenvalue weighted by atomic mass is 10.00. The third-order valence-corrected chi connectivity index (χ3v) is 4.87. The lowest BCUT2D eigenvalue weighted by molar-refractivity contribution is -0.226. The van der Waals surface area contributed by atoms with Crippen molar-refractivity contribution < 1.29 is 14.2 Å². The van der Waals surface area contributed by atoms with Gasteiger partial charge >= 0.3 is 0 Å². The number of methoxy groups -OCH3 is 1. The maximum absolute atomic E-state index is 6.25. The molecular formula is C19H22N2O3. The van der Waals surface area contributed by atoms with E-state index in [2.05, 4.69) is 35.1 Å². The second-order valence-electron chi connectivity index (χ2n) is 6.52. The van der Waals surface area contributed by atoms with Gasteiger partial charge in [0.15, 0.2) is 0 Å². The molecule has 1 aromatic carbocycles. The summed E-state index contributed by atoms with van der Waals surface area (Å²) in [6.07, 6.45) is 3.64. The molecular weight excluding hydrogens is 304 g/mol. The van der Waals surface area contributed by atoms with Crippen molar-refractivity contribution in [2.75, 3.05) is 27.2 Å². The Bertz CT molecular complexity index is 722. The van der Waals surface area contributed by atoms with Gasteiger partial charge in [-0.3, -0.25) is 0 Å². The zero-order valence-electron chi connectivity index (χ0n) is 14.1. The Hall–Kier alpha value is -2.11. The molecule has 2 aromatic rings. The fraction of sp³-hybridized carbons (Fsp3) is 0.421. The van der Waals surface area contributed by atoms with Gasteiger partial charge in [-0.2, -0.15) is 0 Å². The third kappa shape index (κ3) is 2.85. The van der Waals surface area contributed by atoms with Gasteiger partial charge < -0.3 is 19.1 Å². The van der Waals surface area contributed by atoms with E-state index < -0.39 is 5.79 Å². The minimum Gasteiger partial charge on any atom is -0.481 e. The topological polar surface area (TPSA) is 43.8 Å². The fourth-order valence-corrected chi connectivity index (χ4v) is 3.29. The normalized spacial score (nSPS) is 19.6. The van der Waals surface area contributed by atoms with Gasteiger partial charge in [0.1, 0.15) is 5.75 Å². The first-order valence-electron chi connectivity index (χ1n) is 8.32. The van der Waals surface area contributed by atoms with E-state index in [1.807, 2.05) is 18.3 Å². The molecule has 5 nitrogen and oxygen atoms in total. The lowest BCUT2D eigenvalue weighted by Gasteiger charge is -2.43. The highest BCUT2D eigenvalue weighted by molar-refractivity contribution is 5.65. The molecule has 24 heavy (non-hydrogen) atoms. The molecule has 0 aliphatic carbocycles. The molecule has 1 saturated heterocycles. The summed E-state index contributed by atoms with van der Waals surface area (Å²) >= 11 is 0. The van der Waals surface area contributed by atoms with E-state index in [1.165, 1.54) is 0 Å². The molecule has 0 bridgehead atoms. The Kier molecular flexibility index (Phi) is 3.90. The van der Waals surface area contributed by atoms with E-state index in [0.717, 1.165) is 48.4 Å². The van der Waals surface area contributed by atoms with E-state index in [0.29, 0.717) is 12.5 Å². The summed E-state index contributed by atoms with van der Waals surface area (Å²) in [5.41, 5.74) is 3.25. The first kappa shape index (κ1) is 15.4. The number of piperidine rings is 1. The van der Waals surface area contributed by atoms with Crippen LogP contribution >= 0.6 is 0 Å². The first-order chi connectivity index (χ1) is 11.7. The minimum atomic E-state index is -0.442. The molecule has 0 unspecified atom stereocenters. The average Bonchev–Trinajstić information content (AvgIpc) is 2.64. The smallest absolute Gasteiger partial charge is 0.213 e. The number of rotatable bonds is 2. The number of hydrogen-bond donors (Lipinski definition) is 0. The van der Waals surface area contributed by atoms with Crippen molar-refractivity contribution in [1.29, 1.82) is 0 Å².